The summed E-state index contributed by atoms with van der Waals surface area (Å²) in [6.07, 6.45) is 0. The lowest BCUT2D eigenvalue weighted by atomic mass is 10.00. The van der Waals surface area contributed by atoms with Crippen LogP contribution < -0.4 is 10.1 Å². The topological polar surface area (TPSA) is 55.4 Å². The molecule has 0 unspecified atom stereocenters. The van der Waals surface area contributed by atoms with E-state index in [2.05, 4.69) is 5.32 Å². The van der Waals surface area contributed by atoms with Gasteiger partial charge in [0.2, 0.25) is 0 Å². The van der Waals surface area contributed by atoms with Gasteiger partial charge in [-0.15, -0.1) is 0 Å². The Labute approximate surface area is 175 Å². The molecule has 0 atom stereocenters. The molecular weight excluding hydrogens is 423 g/mol. The average molecular weight is 436 g/mol. The lowest BCUT2D eigenvalue weighted by Gasteiger charge is -2.12. The molecular formula is C21H13Cl2F2NO3. The van der Waals surface area contributed by atoms with Gasteiger partial charge in [-0.25, -0.2) is 8.78 Å². The minimum absolute atomic E-state index is 0.0430. The summed E-state index contributed by atoms with van der Waals surface area (Å²) in [7, 11) is 1.38. The highest BCUT2D eigenvalue weighted by molar-refractivity contribution is 6.67. The van der Waals surface area contributed by atoms with E-state index in [0.29, 0.717) is 0 Å². The van der Waals surface area contributed by atoms with Gasteiger partial charge in [0.1, 0.15) is 23.1 Å². The Morgan fingerprint density at radius 2 is 1.66 bits per heavy atom. The number of ether oxygens (including phenoxy) is 1. The predicted molar refractivity (Wildman–Crippen MR) is 108 cm³/mol. The molecule has 0 aliphatic heterocycles. The van der Waals surface area contributed by atoms with Crippen molar-refractivity contribution in [3.05, 3.63) is 87.9 Å². The van der Waals surface area contributed by atoms with Crippen molar-refractivity contribution in [3.8, 4) is 5.75 Å². The highest BCUT2D eigenvalue weighted by Gasteiger charge is 2.20. The van der Waals surface area contributed by atoms with E-state index in [0.717, 1.165) is 12.1 Å². The van der Waals surface area contributed by atoms with Gasteiger partial charge in [-0.05, 0) is 60.1 Å². The summed E-state index contributed by atoms with van der Waals surface area (Å²) in [6, 6.07) is 11.9. The van der Waals surface area contributed by atoms with Crippen molar-refractivity contribution >= 4 is 45.6 Å². The molecule has 0 aromatic heterocycles. The molecule has 0 amide bonds. The minimum atomic E-state index is -0.770. The van der Waals surface area contributed by atoms with Crippen LogP contribution in [0.4, 0.5) is 20.2 Å². The molecule has 8 heteroatoms. The summed E-state index contributed by atoms with van der Waals surface area (Å²) in [5.41, 5.74) is 0.288. The SMILES string of the molecule is COc1ccc(C(=O)Cl)cc1C(=O)c1ccc(Nc2c(F)cccc2F)cc1Cl. The molecule has 0 radical (unpaired) electrons. The lowest BCUT2D eigenvalue weighted by molar-refractivity contribution is 0.103. The van der Waals surface area contributed by atoms with Crippen LogP contribution in [0.25, 0.3) is 0 Å². The molecule has 1 N–H and O–H groups in total. The third-order valence-corrected chi connectivity index (χ3v) is 4.65. The van der Waals surface area contributed by atoms with Crippen molar-refractivity contribution in [1.82, 2.24) is 0 Å². The van der Waals surface area contributed by atoms with Gasteiger partial charge in [-0.2, -0.15) is 0 Å². The second-order valence-electron chi connectivity index (χ2n) is 5.93. The first-order valence-corrected chi connectivity index (χ1v) is 9.00. The molecule has 29 heavy (non-hydrogen) atoms. The van der Waals surface area contributed by atoms with Crippen LogP contribution in [0, 0.1) is 11.6 Å². The number of methoxy groups -OCH3 is 1. The van der Waals surface area contributed by atoms with Crippen molar-refractivity contribution < 1.29 is 23.1 Å². The van der Waals surface area contributed by atoms with E-state index in [1.807, 2.05) is 0 Å². The monoisotopic (exact) mass is 435 g/mol. The third kappa shape index (κ3) is 4.39. The van der Waals surface area contributed by atoms with Gasteiger partial charge < -0.3 is 10.1 Å². The van der Waals surface area contributed by atoms with Gasteiger partial charge in [0.15, 0.2) is 5.78 Å². The quantitative estimate of drug-likeness (QED) is 0.382. The predicted octanol–water partition coefficient (Wildman–Crippen LogP) is 5.98. The van der Waals surface area contributed by atoms with Crippen molar-refractivity contribution in [3.63, 3.8) is 0 Å². The second kappa shape index (κ2) is 8.59. The number of rotatable bonds is 6. The van der Waals surface area contributed by atoms with E-state index in [1.165, 1.54) is 49.6 Å². The average Bonchev–Trinajstić information content (AvgIpc) is 2.70. The minimum Gasteiger partial charge on any atom is -0.496 e. The van der Waals surface area contributed by atoms with E-state index in [-0.39, 0.29) is 38.8 Å². The molecule has 0 fully saturated rings. The summed E-state index contributed by atoms with van der Waals surface area (Å²) < 4.78 is 32.8. The molecule has 4 nitrogen and oxygen atoms in total. The molecule has 0 aliphatic carbocycles. The summed E-state index contributed by atoms with van der Waals surface area (Å²) in [5.74, 6) is -1.80. The number of carbonyl (C=O) groups is 2. The summed E-state index contributed by atoms with van der Waals surface area (Å²) in [5, 5.41) is 1.92. The smallest absolute Gasteiger partial charge is 0.252 e. The summed E-state index contributed by atoms with van der Waals surface area (Å²) in [4.78, 5) is 24.4. The molecule has 3 aromatic carbocycles. The van der Waals surface area contributed by atoms with E-state index in [9.17, 15) is 18.4 Å². The van der Waals surface area contributed by atoms with E-state index in [1.54, 1.807) is 0 Å². The molecule has 0 saturated carbocycles. The molecule has 0 spiro atoms. The van der Waals surface area contributed by atoms with Crippen LogP contribution in [-0.2, 0) is 0 Å². The normalized spacial score (nSPS) is 10.5. The highest BCUT2D eigenvalue weighted by atomic mass is 35.5. The lowest BCUT2D eigenvalue weighted by Crippen LogP contribution is -2.07. The number of para-hydroxylation sites is 1. The maximum Gasteiger partial charge on any atom is 0.252 e. The van der Waals surface area contributed by atoms with E-state index < -0.39 is 22.7 Å². The molecule has 0 saturated heterocycles. The number of hydrogen-bond acceptors (Lipinski definition) is 4. The van der Waals surface area contributed by atoms with Crippen molar-refractivity contribution in [1.29, 1.82) is 0 Å². The van der Waals surface area contributed by atoms with Crippen LogP contribution in [0.2, 0.25) is 5.02 Å². The summed E-state index contributed by atoms with van der Waals surface area (Å²) >= 11 is 11.7. The fourth-order valence-electron chi connectivity index (χ4n) is 2.69. The van der Waals surface area contributed by atoms with Gasteiger partial charge in [0.25, 0.3) is 5.24 Å². The van der Waals surface area contributed by atoms with Gasteiger partial charge in [-0.1, -0.05) is 17.7 Å². The van der Waals surface area contributed by atoms with Crippen LogP contribution in [-0.4, -0.2) is 18.1 Å². The van der Waals surface area contributed by atoms with Gasteiger partial charge in [0.05, 0.1) is 17.7 Å². The number of carbonyl (C=O) groups excluding carboxylic acids is 2. The van der Waals surface area contributed by atoms with Gasteiger partial charge in [-0.3, -0.25) is 9.59 Å². The second-order valence-corrected chi connectivity index (χ2v) is 6.68. The summed E-state index contributed by atoms with van der Waals surface area (Å²) in [6.45, 7) is 0. The molecule has 3 aromatic rings. The standard InChI is InChI=1S/C21H13Cl2F2NO3/c1-29-18-8-5-11(21(23)28)9-14(18)20(27)13-7-6-12(10-15(13)22)26-19-16(24)3-2-4-17(19)25/h2-10,26H,1H3. The van der Waals surface area contributed by atoms with Gasteiger partial charge in [0, 0.05) is 16.8 Å². The van der Waals surface area contributed by atoms with Gasteiger partial charge >= 0.3 is 0 Å². The molecule has 3 rings (SSSR count). The number of halogens is 4. The van der Waals surface area contributed by atoms with Crippen LogP contribution in [0.3, 0.4) is 0 Å². The highest BCUT2D eigenvalue weighted by Crippen LogP contribution is 2.30. The van der Waals surface area contributed by atoms with Crippen LogP contribution in [0.1, 0.15) is 26.3 Å². The van der Waals surface area contributed by atoms with Crippen LogP contribution in [0.15, 0.2) is 54.6 Å². The first-order valence-electron chi connectivity index (χ1n) is 8.25. The maximum atomic E-state index is 13.8. The number of ketones is 1. The Morgan fingerprint density at radius 1 is 0.966 bits per heavy atom. The Hall–Kier alpha value is -2.96. The zero-order chi connectivity index (χ0) is 21.1. The van der Waals surface area contributed by atoms with Crippen LogP contribution >= 0.6 is 23.2 Å². The third-order valence-electron chi connectivity index (χ3n) is 4.12. The molecule has 148 valence electrons. The van der Waals surface area contributed by atoms with Crippen molar-refractivity contribution in [2.45, 2.75) is 0 Å². The Kier molecular flexibility index (Phi) is 6.15. The zero-order valence-corrected chi connectivity index (χ0v) is 16.4. The Bertz CT molecular complexity index is 1100. The molecule has 0 aliphatic rings. The first-order chi connectivity index (χ1) is 13.8. The molecule has 0 bridgehead atoms. The van der Waals surface area contributed by atoms with Crippen LogP contribution in [0.5, 0.6) is 5.75 Å². The van der Waals surface area contributed by atoms with Crippen molar-refractivity contribution in [2.75, 3.05) is 12.4 Å². The molecule has 0 heterocycles. The van der Waals surface area contributed by atoms with E-state index in [4.69, 9.17) is 27.9 Å². The fourth-order valence-corrected chi connectivity index (χ4v) is 3.08. The maximum absolute atomic E-state index is 13.8. The van der Waals surface area contributed by atoms with Crippen molar-refractivity contribution in [2.24, 2.45) is 0 Å². The first kappa shape index (κ1) is 20.8. The number of anilines is 2. The number of hydrogen-bond donors (Lipinski definition) is 1. The number of nitrogens with one attached hydrogen (secondary N) is 1. The zero-order valence-electron chi connectivity index (χ0n) is 14.9. The Balaban J connectivity index is 1.96. The Morgan fingerprint density at radius 3 is 2.24 bits per heavy atom. The fraction of sp³-hybridized carbons (Fsp3) is 0.0476. The van der Waals surface area contributed by atoms with E-state index >= 15 is 0 Å². The number of benzene rings is 3. The largest absolute Gasteiger partial charge is 0.496 e.